The molecular weight excluding hydrogens is 294 g/mol. The number of furan rings is 1. The number of nitrogens with one attached hydrogen (secondary N) is 1. The van der Waals surface area contributed by atoms with Crippen molar-refractivity contribution < 1.29 is 9.21 Å². The van der Waals surface area contributed by atoms with Gasteiger partial charge >= 0.3 is 0 Å². The number of hydrogen-bond donors (Lipinski definition) is 1. The molecule has 1 fully saturated rings. The first-order valence-corrected chi connectivity index (χ1v) is 7.67. The highest BCUT2D eigenvalue weighted by Gasteiger charge is 2.31. The average molecular weight is 314 g/mol. The van der Waals surface area contributed by atoms with Crippen LogP contribution < -0.4 is 5.32 Å². The van der Waals surface area contributed by atoms with Gasteiger partial charge < -0.3 is 9.73 Å². The molecule has 0 spiro atoms. The topological polar surface area (TPSA) is 42.2 Å². The van der Waals surface area contributed by atoms with E-state index in [2.05, 4.69) is 21.2 Å². The van der Waals surface area contributed by atoms with Gasteiger partial charge in [-0.15, -0.1) is 0 Å². The molecule has 1 amide bonds. The molecule has 0 bridgehead atoms. The molecule has 0 saturated heterocycles. The van der Waals surface area contributed by atoms with Crippen LogP contribution in [0.4, 0.5) is 0 Å². The number of hydrogen-bond acceptors (Lipinski definition) is 2. The third-order valence-electron chi connectivity index (χ3n) is 3.81. The van der Waals surface area contributed by atoms with Gasteiger partial charge in [-0.3, -0.25) is 4.79 Å². The molecule has 18 heavy (non-hydrogen) atoms. The van der Waals surface area contributed by atoms with Gasteiger partial charge in [0.1, 0.15) is 12.0 Å². The van der Waals surface area contributed by atoms with Gasteiger partial charge in [0.2, 0.25) is 0 Å². The summed E-state index contributed by atoms with van der Waals surface area (Å²) in [6.07, 6.45) is 7.78. The molecule has 1 saturated carbocycles. The van der Waals surface area contributed by atoms with Crippen LogP contribution in [0.25, 0.3) is 0 Å². The zero-order valence-corrected chi connectivity index (χ0v) is 12.4. The summed E-state index contributed by atoms with van der Waals surface area (Å²) in [7, 11) is 0. The highest BCUT2D eigenvalue weighted by molar-refractivity contribution is 9.09. The summed E-state index contributed by atoms with van der Waals surface area (Å²) < 4.78 is 5.16. The van der Waals surface area contributed by atoms with Crippen LogP contribution in [0.1, 0.15) is 48.2 Å². The van der Waals surface area contributed by atoms with Crippen molar-refractivity contribution in [2.24, 2.45) is 5.41 Å². The molecule has 1 aromatic heterocycles. The van der Waals surface area contributed by atoms with Crippen LogP contribution in [-0.4, -0.2) is 17.8 Å². The van der Waals surface area contributed by atoms with Gasteiger partial charge in [0.15, 0.2) is 0 Å². The van der Waals surface area contributed by atoms with E-state index in [1.807, 2.05) is 6.92 Å². The van der Waals surface area contributed by atoms with E-state index in [0.29, 0.717) is 5.56 Å². The molecule has 0 atom stereocenters. The number of alkyl halides is 1. The van der Waals surface area contributed by atoms with Gasteiger partial charge in [0, 0.05) is 11.9 Å². The van der Waals surface area contributed by atoms with Crippen molar-refractivity contribution in [3.63, 3.8) is 0 Å². The number of carbonyl (C=O) groups is 1. The lowest BCUT2D eigenvalue weighted by atomic mass is 9.75. The predicted octanol–water partition coefficient (Wildman–Crippen LogP) is 3.66. The average Bonchev–Trinajstić information content (AvgIpc) is 2.84. The SMILES string of the molecule is Cc1cc(C(=O)NCC2(CBr)CCCCC2)co1. The summed E-state index contributed by atoms with van der Waals surface area (Å²) in [6.45, 7) is 2.60. The molecule has 100 valence electrons. The van der Waals surface area contributed by atoms with Crippen LogP contribution in [0.15, 0.2) is 16.7 Å². The van der Waals surface area contributed by atoms with E-state index in [1.54, 1.807) is 6.07 Å². The van der Waals surface area contributed by atoms with Crippen molar-refractivity contribution in [2.45, 2.75) is 39.0 Å². The Morgan fingerprint density at radius 3 is 2.72 bits per heavy atom. The maximum atomic E-state index is 12.0. The molecule has 0 aromatic carbocycles. The van der Waals surface area contributed by atoms with Crippen molar-refractivity contribution in [1.82, 2.24) is 5.32 Å². The maximum absolute atomic E-state index is 12.0. The lowest BCUT2D eigenvalue weighted by Crippen LogP contribution is -2.40. The van der Waals surface area contributed by atoms with Crippen LogP contribution in [-0.2, 0) is 0 Å². The van der Waals surface area contributed by atoms with Gasteiger partial charge in [-0.2, -0.15) is 0 Å². The van der Waals surface area contributed by atoms with Crippen LogP contribution in [0.5, 0.6) is 0 Å². The first-order valence-electron chi connectivity index (χ1n) is 6.55. The van der Waals surface area contributed by atoms with Crippen LogP contribution in [0.3, 0.4) is 0 Å². The minimum Gasteiger partial charge on any atom is -0.469 e. The molecule has 0 radical (unpaired) electrons. The molecule has 0 unspecified atom stereocenters. The first kappa shape index (κ1) is 13.7. The van der Waals surface area contributed by atoms with Crippen LogP contribution >= 0.6 is 15.9 Å². The van der Waals surface area contributed by atoms with E-state index in [1.165, 1.54) is 38.4 Å². The van der Waals surface area contributed by atoms with E-state index >= 15 is 0 Å². The molecule has 0 aliphatic heterocycles. The highest BCUT2D eigenvalue weighted by atomic mass is 79.9. The summed E-state index contributed by atoms with van der Waals surface area (Å²) in [5.74, 6) is 0.741. The lowest BCUT2D eigenvalue weighted by Gasteiger charge is -2.35. The van der Waals surface area contributed by atoms with E-state index in [4.69, 9.17) is 4.42 Å². The zero-order valence-electron chi connectivity index (χ0n) is 10.8. The molecule has 3 nitrogen and oxygen atoms in total. The minimum atomic E-state index is -0.0299. The number of amides is 1. The molecule has 1 heterocycles. The predicted molar refractivity (Wildman–Crippen MR) is 75.1 cm³/mol. The van der Waals surface area contributed by atoms with E-state index < -0.39 is 0 Å². The quantitative estimate of drug-likeness (QED) is 0.862. The monoisotopic (exact) mass is 313 g/mol. The van der Waals surface area contributed by atoms with Gasteiger partial charge in [-0.1, -0.05) is 35.2 Å². The number of halogens is 1. The Bertz CT molecular complexity index is 408. The minimum absolute atomic E-state index is 0.0299. The fraction of sp³-hybridized carbons (Fsp3) is 0.643. The normalized spacial score (nSPS) is 18.6. The summed E-state index contributed by atoms with van der Waals surface area (Å²) in [6, 6.07) is 1.77. The van der Waals surface area contributed by atoms with Crippen molar-refractivity contribution in [3.8, 4) is 0 Å². The standard InChI is InChI=1S/C14H20BrNO2/c1-11-7-12(8-18-11)13(17)16-10-14(9-15)5-3-2-4-6-14/h7-8H,2-6,9-10H2,1H3,(H,16,17). The Labute approximate surface area is 116 Å². The largest absolute Gasteiger partial charge is 0.469 e. The molecule has 1 N–H and O–H groups in total. The molecule has 1 aromatic rings. The zero-order chi connectivity index (χ0) is 13.0. The van der Waals surface area contributed by atoms with E-state index in [-0.39, 0.29) is 11.3 Å². The summed E-state index contributed by atoms with van der Waals surface area (Å²) in [5, 5.41) is 4.01. The first-order chi connectivity index (χ1) is 8.65. The van der Waals surface area contributed by atoms with Crippen molar-refractivity contribution >= 4 is 21.8 Å². The molecular formula is C14H20BrNO2. The van der Waals surface area contributed by atoms with Gasteiger partial charge in [-0.25, -0.2) is 0 Å². The molecule has 1 aliphatic carbocycles. The van der Waals surface area contributed by atoms with Crippen LogP contribution in [0, 0.1) is 12.3 Å². The molecule has 4 heteroatoms. The Morgan fingerprint density at radius 2 is 2.17 bits per heavy atom. The van der Waals surface area contributed by atoms with Gasteiger partial charge in [-0.05, 0) is 31.2 Å². The van der Waals surface area contributed by atoms with Gasteiger partial charge in [0.05, 0.1) is 5.56 Å². The van der Waals surface area contributed by atoms with Crippen LogP contribution in [0.2, 0.25) is 0 Å². The third-order valence-corrected chi connectivity index (χ3v) is 5.00. The highest BCUT2D eigenvalue weighted by Crippen LogP contribution is 2.37. The fourth-order valence-electron chi connectivity index (χ4n) is 2.59. The summed E-state index contributed by atoms with van der Waals surface area (Å²) in [5.41, 5.74) is 0.861. The van der Waals surface area contributed by atoms with Crippen molar-refractivity contribution in [2.75, 3.05) is 11.9 Å². The molecule has 1 aliphatic rings. The second-order valence-electron chi connectivity index (χ2n) is 5.32. The Kier molecular flexibility index (Phi) is 4.49. The summed E-state index contributed by atoms with van der Waals surface area (Å²) in [4.78, 5) is 12.0. The summed E-state index contributed by atoms with van der Waals surface area (Å²) >= 11 is 3.61. The van der Waals surface area contributed by atoms with E-state index in [9.17, 15) is 4.79 Å². The number of aryl methyl sites for hydroxylation is 1. The third kappa shape index (κ3) is 3.16. The number of rotatable bonds is 4. The Morgan fingerprint density at radius 1 is 1.44 bits per heavy atom. The lowest BCUT2D eigenvalue weighted by molar-refractivity contribution is 0.0921. The second-order valence-corrected chi connectivity index (χ2v) is 5.88. The Balaban J connectivity index is 1.91. The van der Waals surface area contributed by atoms with Gasteiger partial charge in [0.25, 0.3) is 5.91 Å². The molecule has 2 rings (SSSR count). The second kappa shape index (κ2) is 5.91. The Hall–Kier alpha value is -0.770. The number of carbonyl (C=O) groups excluding carboxylic acids is 1. The van der Waals surface area contributed by atoms with Crippen molar-refractivity contribution in [3.05, 3.63) is 23.7 Å². The maximum Gasteiger partial charge on any atom is 0.254 e. The smallest absolute Gasteiger partial charge is 0.254 e. The fourth-order valence-corrected chi connectivity index (χ4v) is 3.35. The van der Waals surface area contributed by atoms with E-state index in [0.717, 1.165) is 17.6 Å². The van der Waals surface area contributed by atoms with Crippen molar-refractivity contribution in [1.29, 1.82) is 0 Å².